The highest BCUT2D eigenvalue weighted by Crippen LogP contribution is 2.27. The Bertz CT molecular complexity index is 523. The van der Waals surface area contributed by atoms with Gasteiger partial charge in [-0.3, -0.25) is 0 Å². The molecule has 0 unspecified atom stereocenters. The van der Waals surface area contributed by atoms with E-state index in [4.69, 9.17) is 0 Å². The number of halogens is 2. The molecule has 0 saturated heterocycles. The van der Waals surface area contributed by atoms with Crippen LogP contribution in [0.5, 0.6) is 0 Å². The average molecular weight is 233 g/mol. The molecule has 0 aliphatic rings. The number of hydrogen-bond acceptors (Lipinski definition) is 1. The highest BCUT2D eigenvalue weighted by molar-refractivity contribution is 5.68. The molecule has 0 aliphatic carbocycles. The van der Waals surface area contributed by atoms with Crippen molar-refractivity contribution in [2.75, 3.05) is 7.05 Å². The topological polar surface area (TPSA) is 12.0 Å². The fourth-order valence-corrected chi connectivity index (χ4v) is 1.82. The first-order valence-electron chi connectivity index (χ1n) is 5.40. The van der Waals surface area contributed by atoms with Gasteiger partial charge in [0.2, 0.25) is 0 Å². The lowest BCUT2D eigenvalue weighted by Crippen LogP contribution is -2.07. The first kappa shape index (κ1) is 11.7. The molecule has 17 heavy (non-hydrogen) atoms. The van der Waals surface area contributed by atoms with Gasteiger partial charge in [-0.15, -0.1) is 0 Å². The highest BCUT2D eigenvalue weighted by Gasteiger charge is 2.09. The Morgan fingerprint density at radius 1 is 1.00 bits per heavy atom. The molecule has 0 fully saturated rings. The molecule has 0 aliphatic heterocycles. The van der Waals surface area contributed by atoms with Gasteiger partial charge in [0.05, 0.1) is 0 Å². The normalized spacial score (nSPS) is 10.5. The Morgan fingerprint density at radius 2 is 1.76 bits per heavy atom. The zero-order chi connectivity index (χ0) is 12.3. The minimum Gasteiger partial charge on any atom is -0.316 e. The predicted molar refractivity (Wildman–Crippen MR) is 64.6 cm³/mol. The van der Waals surface area contributed by atoms with Crippen LogP contribution in [0.1, 0.15) is 5.56 Å². The molecule has 88 valence electrons. The van der Waals surface area contributed by atoms with Crippen LogP contribution in [0.25, 0.3) is 11.1 Å². The van der Waals surface area contributed by atoms with E-state index in [9.17, 15) is 8.78 Å². The Balaban J connectivity index is 2.57. The van der Waals surface area contributed by atoms with Gasteiger partial charge in [-0.1, -0.05) is 24.3 Å². The summed E-state index contributed by atoms with van der Waals surface area (Å²) in [6.07, 6.45) is 0. The van der Waals surface area contributed by atoms with Crippen LogP contribution < -0.4 is 5.32 Å². The molecule has 0 spiro atoms. The van der Waals surface area contributed by atoms with Crippen LogP contribution in [0.2, 0.25) is 0 Å². The maximum Gasteiger partial charge on any atom is 0.131 e. The van der Waals surface area contributed by atoms with Crippen LogP contribution in [0.15, 0.2) is 42.5 Å². The molecule has 0 heterocycles. The Morgan fingerprint density at radius 3 is 2.47 bits per heavy atom. The molecule has 3 heteroatoms. The Hall–Kier alpha value is -1.74. The monoisotopic (exact) mass is 233 g/mol. The van der Waals surface area contributed by atoms with Crippen LogP contribution in [0.3, 0.4) is 0 Å². The van der Waals surface area contributed by atoms with E-state index >= 15 is 0 Å². The van der Waals surface area contributed by atoms with Crippen molar-refractivity contribution < 1.29 is 8.78 Å². The van der Waals surface area contributed by atoms with E-state index in [0.29, 0.717) is 17.7 Å². The second-order valence-electron chi connectivity index (χ2n) is 3.81. The molecule has 0 atom stereocenters. The first-order valence-corrected chi connectivity index (χ1v) is 5.40. The minimum atomic E-state index is -0.358. The van der Waals surface area contributed by atoms with Gasteiger partial charge < -0.3 is 5.32 Å². The van der Waals surface area contributed by atoms with Crippen molar-refractivity contribution in [2.24, 2.45) is 0 Å². The van der Waals surface area contributed by atoms with Gasteiger partial charge >= 0.3 is 0 Å². The van der Waals surface area contributed by atoms with E-state index in [1.807, 2.05) is 0 Å². The summed E-state index contributed by atoms with van der Waals surface area (Å²) in [5.74, 6) is -0.696. The van der Waals surface area contributed by atoms with Gasteiger partial charge in [-0.2, -0.15) is 0 Å². The number of nitrogens with one attached hydrogen (secondary N) is 1. The minimum absolute atomic E-state index is 0.338. The van der Waals surface area contributed by atoms with Gasteiger partial charge in [0.1, 0.15) is 11.6 Å². The Kier molecular flexibility index (Phi) is 3.49. The largest absolute Gasteiger partial charge is 0.316 e. The van der Waals surface area contributed by atoms with Crippen LogP contribution in [-0.4, -0.2) is 7.05 Å². The van der Waals surface area contributed by atoms with Crippen molar-refractivity contribution in [3.05, 3.63) is 59.7 Å². The lowest BCUT2D eigenvalue weighted by molar-refractivity contribution is 0.623. The summed E-state index contributed by atoms with van der Waals surface area (Å²) in [4.78, 5) is 0. The Labute approximate surface area is 99.1 Å². The molecule has 0 saturated carbocycles. The van der Waals surface area contributed by atoms with E-state index in [0.717, 1.165) is 5.56 Å². The average Bonchev–Trinajstić information content (AvgIpc) is 2.32. The molecular formula is C14H13F2N. The van der Waals surface area contributed by atoms with Gasteiger partial charge in [-0.25, -0.2) is 8.78 Å². The lowest BCUT2D eigenvalue weighted by Gasteiger charge is -2.10. The fraction of sp³-hybridized carbons (Fsp3) is 0.143. The molecule has 2 aromatic carbocycles. The van der Waals surface area contributed by atoms with E-state index in [2.05, 4.69) is 5.32 Å². The summed E-state index contributed by atoms with van der Waals surface area (Å²) in [6, 6.07) is 10.8. The zero-order valence-corrected chi connectivity index (χ0v) is 9.50. The molecule has 0 amide bonds. The summed E-state index contributed by atoms with van der Waals surface area (Å²) in [6.45, 7) is 0.573. The second kappa shape index (κ2) is 5.06. The van der Waals surface area contributed by atoms with E-state index in [-0.39, 0.29) is 11.6 Å². The molecular weight excluding hydrogens is 220 g/mol. The molecule has 1 nitrogen and oxygen atoms in total. The van der Waals surface area contributed by atoms with Crippen LogP contribution in [0.4, 0.5) is 8.78 Å². The maximum absolute atomic E-state index is 13.7. The number of hydrogen-bond donors (Lipinski definition) is 1. The summed E-state index contributed by atoms with van der Waals surface area (Å²) in [5, 5.41) is 2.99. The van der Waals surface area contributed by atoms with Gasteiger partial charge in [0, 0.05) is 12.1 Å². The van der Waals surface area contributed by atoms with Crippen LogP contribution >= 0.6 is 0 Å². The summed E-state index contributed by atoms with van der Waals surface area (Å²) < 4.78 is 26.9. The van der Waals surface area contributed by atoms with Gasteiger partial charge in [-0.05, 0) is 36.4 Å². The number of benzene rings is 2. The zero-order valence-electron chi connectivity index (χ0n) is 9.50. The second-order valence-corrected chi connectivity index (χ2v) is 3.81. The molecule has 2 rings (SSSR count). The van der Waals surface area contributed by atoms with Crippen LogP contribution in [-0.2, 0) is 6.54 Å². The summed E-state index contributed by atoms with van der Waals surface area (Å²) in [5.41, 5.74) is 1.90. The van der Waals surface area contributed by atoms with Crippen molar-refractivity contribution in [2.45, 2.75) is 6.54 Å². The standard InChI is InChI=1S/C14H13F2N/c1-17-9-10-6-7-11(15)8-13(10)12-4-2-3-5-14(12)16/h2-8,17H,9H2,1H3. The highest BCUT2D eigenvalue weighted by atomic mass is 19.1. The molecule has 1 N–H and O–H groups in total. The molecule has 2 aromatic rings. The van der Waals surface area contributed by atoms with E-state index < -0.39 is 0 Å². The first-order chi connectivity index (χ1) is 8.22. The SMILES string of the molecule is CNCc1ccc(F)cc1-c1ccccc1F. The quantitative estimate of drug-likeness (QED) is 0.857. The summed E-state index contributed by atoms with van der Waals surface area (Å²) >= 11 is 0. The van der Waals surface area contributed by atoms with Crippen LogP contribution in [0, 0.1) is 11.6 Å². The number of rotatable bonds is 3. The third-order valence-corrected chi connectivity index (χ3v) is 2.60. The van der Waals surface area contributed by atoms with Gasteiger partial charge in [0.25, 0.3) is 0 Å². The molecule has 0 aromatic heterocycles. The smallest absolute Gasteiger partial charge is 0.131 e. The van der Waals surface area contributed by atoms with Crippen molar-refractivity contribution in [1.82, 2.24) is 5.32 Å². The predicted octanol–water partition coefficient (Wildman–Crippen LogP) is 3.35. The molecule has 0 bridgehead atoms. The van der Waals surface area contributed by atoms with Gasteiger partial charge in [0.15, 0.2) is 0 Å². The van der Waals surface area contributed by atoms with Crippen molar-refractivity contribution in [3.63, 3.8) is 0 Å². The molecule has 0 radical (unpaired) electrons. The maximum atomic E-state index is 13.7. The van der Waals surface area contributed by atoms with Crippen molar-refractivity contribution >= 4 is 0 Å². The van der Waals surface area contributed by atoms with E-state index in [1.165, 1.54) is 18.2 Å². The lowest BCUT2D eigenvalue weighted by atomic mass is 9.99. The third kappa shape index (κ3) is 2.50. The fourth-order valence-electron chi connectivity index (χ4n) is 1.82. The van der Waals surface area contributed by atoms with E-state index in [1.54, 1.807) is 31.3 Å². The van der Waals surface area contributed by atoms with Crippen molar-refractivity contribution in [1.29, 1.82) is 0 Å². The summed E-state index contributed by atoms with van der Waals surface area (Å²) in [7, 11) is 1.80. The third-order valence-electron chi connectivity index (χ3n) is 2.60. The van der Waals surface area contributed by atoms with Crippen molar-refractivity contribution in [3.8, 4) is 11.1 Å².